The van der Waals surface area contributed by atoms with Crippen molar-refractivity contribution >= 4 is 11.6 Å². The van der Waals surface area contributed by atoms with E-state index in [2.05, 4.69) is 41.1 Å². The summed E-state index contributed by atoms with van der Waals surface area (Å²) >= 11 is 0. The molecular formula is C18H29N3O2. The summed E-state index contributed by atoms with van der Waals surface area (Å²) in [6, 6.07) is 8.43. The van der Waals surface area contributed by atoms with Gasteiger partial charge < -0.3 is 15.0 Å². The lowest BCUT2D eigenvalue weighted by Gasteiger charge is -2.36. The van der Waals surface area contributed by atoms with E-state index in [-0.39, 0.29) is 11.9 Å². The molecule has 1 saturated heterocycles. The standard InChI is InChI=1S/C18H29N3O2/c1-4-5-15(2)19-18(22)14-20-10-12-21(13-11-20)16-6-8-17(23-3)9-7-16/h6-9,15H,4-5,10-14H2,1-3H3,(H,19,22). The SMILES string of the molecule is CCCC(C)NC(=O)CN1CCN(c2ccc(OC)cc2)CC1. The fourth-order valence-corrected chi connectivity index (χ4v) is 2.99. The molecule has 0 bridgehead atoms. The number of nitrogens with zero attached hydrogens (tertiary/aromatic N) is 2. The normalized spacial score (nSPS) is 16.9. The molecule has 5 nitrogen and oxygen atoms in total. The molecule has 0 saturated carbocycles. The van der Waals surface area contributed by atoms with Crippen LogP contribution in [0.3, 0.4) is 0 Å². The number of ether oxygens (including phenoxy) is 1. The molecule has 0 radical (unpaired) electrons. The minimum Gasteiger partial charge on any atom is -0.497 e. The Morgan fingerprint density at radius 3 is 2.43 bits per heavy atom. The number of anilines is 1. The molecule has 1 amide bonds. The van der Waals surface area contributed by atoms with Gasteiger partial charge in [-0.15, -0.1) is 0 Å². The first kappa shape index (κ1) is 17.6. The van der Waals surface area contributed by atoms with Gasteiger partial charge in [0.2, 0.25) is 5.91 Å². The fraction of sp³-hybridized carbons (Fsp3) is 0.611. The van der Waals surface area contributed by atoms with Crippen LogP contribution in [0, 0.1) is 0 Å². The van der Waals surface area contributed by atoms with E-state index in [0.717, 1.165) is 44.8 Å². The van der Waals surface area contributed by atoms with Gasteiger partial charge in [-0.2, -0.15) is 0 Å². The van der Waals surface area contributed by atoms with Crippen LogP contribution in [0.25, 0.3) is 0 Å². The van der Waals surface area contributed by atoms with Crippen LogP contribution >= 0.6 is 0 Å². The Kier molecular flexibility index (Phi) is 6.71. The molecule has 0 aliphatic carbocycles. The summed E-state index contributed by atoms with van der Waals surface area (Å²) in [6.07, 6.45) is 2.14. The molecule has 1 aliphatic rings. The summed E-state index contributed by atoms with van der Waals surface area (Å²) in [5, 5.41) is 3.08. The monoisotopic (exact) mass is 319 g/mol. The van der Waals surface area contributed by atoms with Crippen LogP contribution in [0.1, 0.15) is 26.7 Å². The van der Waals surface area contributed by atoms with E-state index in [1.54, 1.807) is 7.11 Å². The Morgan fingerprint density at radius 1 is 1.22 bits per heavy atom. The van der Waals surface area contributed by atoms with Gasteiger partial charge in [0.1, 0.15) is 5.75 Å². The number of rotatable bonds is 7. The molecule has 1 aliphatic heterocycles. The largest absolute Gasteiger partial charge is 0.497 e. The van der Waals surface area contributed by atoms with Crippen molar-refractivity contribution in [1.82, 2.24) is 10.2 Å². The van der Waals surface area contributed by atoms with E-state index in [1.807, 2.05) is 12.1 Å². The van der Waals surface area contributed by atoms with Crippen molar-refractivity contribution in [2.45, 2.75) is 32.7 Å². The summed E-state index contributed by atoms with van der Waals surface area (Å²) in [6.45, 7) is 8.45. The molecule has 1 atom stereocenters. The van der Waals surface area contributed by atoms with Gasteiger partial charge in [-0.05, 0) is 37.6 Å². The highest BCUT2D eigenvalue weighted by atomic mass is 16.5. The minimum atomic E-state index is 0.142. The maximum absolute atomic E-state index is 12.0. The van der Waals surface area contributed by atoms with Gasteiger partial charge >= 0.3 is 0 Å². The molecule has 0 aromatic heterocycles. The third-order valence-electron chi connectivity index (χ3n) is 4.31. The number of hydrogen-bond donors (Lipinski definition) is 1. The van der Waals surface area contributed by atoms with E-state index in [0.29, 0.717) is 6.54 Å². The van der Waals surface area contributed by atoms with Crippen LogP contribution in [0.5, 0.6) is 5.75 Å². The third-order valence-corrected chi connectivity index (χ3v) is 4.31. The highest BCUT2D eigenvalue weighted by Crippen LogP contribution is 2.20. The number of amides is 1. The third kappa shape index (κ3) is 5.43. The van der Waals surface area contributed by atoms with Gasteiger partial charge in [0.05, 0.1) is 13.7 Å². The first-order valence-corrected chi connectivity index (χ1v) is 8.53. The van der Waals surface area contributed by atoms with Gasteiger partial charge in [0, 0.05) is 37.9 Å². The number of benzene rings is 1. The number of nitrogens with one attached hydrogen (secondary N) is 1. The highest BCUT2D eigenvalue weighted by Gasteiger charge is 2.19. The second-order valence-corrected chi connectivity index (χ2v) is 6.22. The van der Waals surface area contributed by atoms with Crippen LogP contribution < -0.4 is 15.0 Å². The number of piperazine rings is 1. The maximum Gasteiger partial charge on any atom is 0.234 e. The van der Waals surface area contributed by atoms with Gasteiger partial charge in [-0.3, -0.25) is 9.69 Å². The predicted octanol–water partition coefficient (Wildman–Crippen LogP) is 2.12. The molecule has 2 rings (SSSR count). The lowest BCUT2D eigenvalue weighted by atomic mass is 10.2. The van der Waals surface area contributed by atoms with E-state index in [1.165, 1.54) is 5.69 Å². The number of methoxy groups -OCH3 is 1. The second-order valence-electron chi connectivity index (χ2n) is 6.22. The Morgan fingerprint density at radius 2 is 1.87 bits per heavy atom. The summed E-state index contributed by atoms with van der Waals surface area (Å²) in [4.78, 5) is 16.6. The van der Waals surface area contributed by atoms with Crippen molar-refractivity contribution in [1.29, 1.82) is 0 Å². The topological polar surface area (TPSA) is 44.8 Å². The van der Waals surface area contributed by atoms with Crippen molar-refractivity contribution in [2.75, 3.05) is 44.7 Å². The minimum absolute atomic E-state index is 0.142. The number of hydrogen-bond acceptors (Lipinski definition) is 4. The maximum atomic E-state index is 12.0. The van der Waals surface area contributed by atoms with Crippen molar-refractivity contribution < 1.29 is 9.53 Å². The van der Waals surface area contributed by atoms with Gasteiger partial charge in [0.15, 0.2) is 0 Å². The molecule has 128 valence electrons. The molecule has 1 aromatic rings. The summed E-state index contributed by atoms with van der Waals surface area (Å²) < 4.78 is 5.20. The van der Waals surface area contributed by atoms with Gasteiger partial charge in [0.25, 0.3) is 0 Å². The second kappa shape index (κ2) is 8.77. The summed E-state index contributed by atoms with van der Waals surface area (Å²) in [5.74, 6) is 1.02. The van der Waals surface area contributed by atoms with Crippen LogP contribution in [-0.2, 0) is 4.79 Å². The van der Waals surface area contributed by atoms with Crippen molar-refractivity contribution in [2.24, 2.45) is 0 Å². The number of carbonyl (C=O) groups excluding carboxylic acids is 1. The molecule has 1 heterocycles. The highest BCUT2D eigenvalue weighted by molar-refractivity contribution is 5.78. The molecule has 5 heteroatoms. The van der Waals surface area contributed by atoms with E-state index in [4.69, 9.17) is 4.74 Å². The first-order chi connectivity index (χ1) is 11.1. The smallest absolute Gasteiger partial charge is 0.234 e. The van der Waals surface area contributed by atoms with Crippen LogP contribution in [-0.4, -0.2) is 56.7 Å². The number of carbonyl (C=O) groups is 1. The average molecular weight is 319 g/mol. The van der Waals surface area contributed by atoms with Gasteiger partial charge in [-0.25, -0.2) is 0 Å². The predicted molar refractivity (Wildman–Crippen MR) is 94.2 cm³/mol. The average Bonchev–Trinajstić information content (AvgIpc) is 2.56. The first-order valence-electron chi connectivity index (χ1n) is 8.53. The quantitative estimate of drug-likeness (QED) is 0.836. The molecule has 0 spiro atoms. The molecule has 1 N–H and O–H groups in total. The summed E-state index contributed by atoms with van der Waals surface area (Å²) in [5.41, 5.74) is 1.21. The Bertz CT molecular complexity index is 482. The molecular weight excluding hydrogens is 290 g/mol. The van der Waals surface area contributed by atoms with Crippen molar-refractivity contribution in [3.8, 4) is 5.75 Å². The zero-order chi connectivity index (χ0) is 16.7. The lowest BCUT2D eigenvalue weighted by Crippen LogP contribution is -2.50. The Balaban J connectivity index is 1.75. The van der Waals surface area contributed by atoms with E-state index >= 15 is 0 Å². The Hall–Kier alpha value is -1.75. The van der Waals surface area contributed by atoms with Gasteiger partial charge in [-0.1, -0.05) is 13.3 Å². The molecule has 1 fully saturated rings. The van der Waals surface area contributed by atoms with Crippen LogP contribution in [0.4, 0.5) is 5.69 Å². The zero-order valence-corrected chi connectivity index (χ0v) is 14.5. The lowest BCUT2D eigenvalue weighted by molar-refractivity contribution is -0.122. The fourth-order valence-electron chi connectivity index (χ4n) is 2.99. The van der Waals surface area contributed by atoms with Crippen LogP contribution in [0.2, 0.25) is 0 Å². The van der Waals surface area contributed by atoms with E-state index < -0.39 is 0 Å². The van der Waals surface area contributed by atoms with Crippen molar-refractivity contribution in [3.05, 3.63) is 24.3 Å². The zero-order valence-electron chi connectivity index (χ0n) is 14.5. The Labute approximate surface area is 139 Å². The summed E-state index contributed by atoms with van der Waals surface area (Å²) in [7, 11) is 1.68. The van der Waals surface area contributed by atoms with Crippen molar-refractivity contribution in [3.63, 3.8) is 0 Å². The molecule has 1 unspecified atom stereocenters. The van der Waals surface area contributed by atoms with E-state index in [9.17, 15) is 4.79 Å². The molecule has 23 heavy (non-hydrogen) atoms. The van der Waals surface area contributed by atoms with Crippen LogP contribution in [0.15, 0.2) is 24.3 Å². The molecule has 1 aromatic carbocycles.